The van der Waals surface area contributed by atoms with Crippen molar-refractivity contribution in [2.45, 2.75) is 18.6 Å². The van der Waals surface area contributed by atoms with Crippen molar-refractivity contribution in [1.29, 1.82) is 0 Å². The van der Waals surface area contributed by atoms with Crippen molar-refractivity contribution < 1.29 is 13.6 Å². The van der Waals surface area contributed by atoms with Gasteiger partial charge in [-0.25, -0.2) is 8.78 Å². The van der Waals surface area contributed by atoms with Gasteiger partial charge in [-0.3, -0.25) is 4.79 Å². The number of aryl methyl sites for hydroxylation is 1. The second-order valence-electron chi connectivity index (χ2n) is 4.19. The Morgan fingerprint density at radius 3 is 2.95 bits per heavy atom. The number of fused-ring (bicyclic) bond motifs is 1. The molecular formula is C12H14ClF2NOS2. The Labute approximate surface area is 124 Å². The van der Waals surface area contributed by atoms with Crippen LogP contribution < -0.4 is 0 Å². The van der Waals surface area contributed by atoms with Crippen molar-refractivity contribution >= 4 is 40.6 Å². The van der Waals surface area contributed by atoms with E-state index in [-0.39, 0.29) is 18.3 Å². The lowest BCUT2D eigenvalue weighted by Gasteiger charge is -2.20. The summed E-state index contributed by atoms with van der Waals surface area (Å²) in [5, 5.41) is 0. The highest BCUT2D eigenvalue weighted by Gasteiger charge is 2.23. The molecule has 0 aliphatic carbocycles. The summed E-state index contributed by atoms with van der Waals surface area (Å²) in [7, 11) is 0. The minimum atomic E-state index is -2.53. The van der Waals surface area contributed by atoms with Gasteiger partial charge in [0.2, 0.25) is 0 Å². The predicted molar refractivity (Wildman–Crippen MR) is 76.8 cm³/mol. The standard InChI is InChI=1S/C12H14ClF2NOS2/c13-2-3-16(6-11(14)15)12(17)10-5-8-7-18-4-1-9(8)19-10/h5,11H,1-4,6-7H2. The van der Waals surface area contributed by atoms with Crippen molar-refractivity contribution in [1.82, 2.24) is 4.90 Å². The summed E-state index contributed by atoms with van der Waals surface area (Å²) in [5.41, 5.74) is 1.17. The lowest BCUT2D eigenvalue weighted by atomic mass is 10.2. The number of carbonyl (C=O) groups excluding carboxylic acids is 1. The van der Waals surface area contributed by atoms with E-state index in [0.29, 0.717) is 4.88 Å². The third-order valence-corrected chi connectivity index (χ3v) is 5.24. The highest BCUT2D eigenvalue weighted by molar-refractivity contribution is 7.98. The Bertz CT molecular complexity index is 429. The maximum Gasteiger partial charge on any atom is 0.264 e. The average molecular weight is 326 g/mol. The number of hydrogen-bond acceptors (Lipinski definition) is 3. The molecule has 0 aromatic carbocycles. The Hall–Kier alpha value is -0.330. The second kappa shape index (κ2) is 6.90. The molecule has 1 aromatic rings. The van der Waals surface area contributed by atoms with Gasteiger partial charge in [-0.1, -0.05) is 0 Å². The number of thioether (sulfide) groups is 1. The van der Waals surface area contributed by atoms with Gasteiger partial charge in [-0.2, -0.15) is 11.8 Å². The van der Waals surface area contributed by atoms with Crippen molar-refractivity contribution in [3.63, 3.8) is 0 Å². The Morgan fingerprint density at radius 2 is 2.32 bits per heavy atom. The fraction of sp³-hybridized carbons (Fsp3) is 0.583. The molecule has 0 saturated heterocycles. The van der Waals surface area contributed by atoms with Gasteiger partial charge in [0.15, 0.2) is 0 Å². The van der Waals surface area contributed by atoms with Crippen LogP contribution >= 0.6 is 34.7 Å². The van der Waals surface area contributed by atoms with E-state index >= 15 is 0 Å². The van der Waals surface area contributed by atoms with Crippen molar-refractivity contribution in [3.05, 3.63) is 21.4 Å². The van der Waals surface area contributed by atoms with Crippen molar-refractivity contribution in [2.75, 3.05) is 24.7 Å². The molecule has 0 saturated carbocycles. The first-order valence-electron chi connectivity index (χ1n) is 5.94. The lowest BCUT2D eigenvalue weighted by Crippen LogP contribution is -2.36. The molecule has 1 aromatic heterocycles. The number of carbonyl (C=O) groups is 1. The van der Waals surface area contributed by atoms with Crippen LogP contribution in [0.5, 0.6) is 0 Å². The molecule has 2 rings (SSSR count). The summed E-state index contributed by atoms with van der Waals surface area (Å²) >= 11 is 8.84. The first-order chi connectivity index (χ1) is 9.11. The molecule has 106 valence electrons. The molecule has 0 radical (unpaired) electrons. The van der Waals surface area contributed by atoms with Crippen LogP contribution in [0.1, 0.15) is 20.1 Å². The zero-order valence-electron chi connectivity index (χ0n) is 10.2. The predicted octanol–water partition coefficient (Wildman–Crippen LogP) is 3.48. The summed E-state index contributed by atoms with van der Waals surface area (Å²) in [6.45, 7) is -0.398. The van der Waals surface area contributed by atoms with E-state index in [1.165, 1.54) is 21.8 Å². The first kappa shape index (κ1) is 15.1. The normalized spacial score (nSPS) is 14.5. The SMILES string of the molecule is O=C(c1cc2c(s1)CCSC2)N(CCCl)CC(F)F. The van der Waals surface area contributed by atoms with Crippen molar-refractivity contribution in [2.24, 2.45) is 0 Å². The fourth-order valence-electron chi connectivity index (χ4n) is 1.95. The van der Waals surface area contributed by atoms with E-state index in [9.17, 15) is 13.6 Å². The van der Waals surface area contributed by atoms with Crippen LogP contribution in [0.25, 0.3) is 0 Å². The van der Waals surface area contributed by atoms with Gasteiger partial charge in [0.05, 0.1) is 11.4 Å². The first-order valence-corrected chi connectivity index (χ1v) is 8.45. The Kier molecular flexibility index (Phi) is 5.47. The highest BCUT2D eigenvalue weighted by atomic mass is 35.5. The number of halogens is 3. The van der Waals surface area contributed by atoms with E-state index in [1.54, 1.807) is 0 Å². The minimum Gasteiger partial charge on any atom is -0.331 e. The van der Waals surface area contributed by atoms with Gasteiger partial charge in [-0.05, 0) is 23.8 Å². The molecule has 0 spiro atoms. The Morgan fingerprint density at radius 1 is 1.53 bits per heavy atom. The van der Waals surface area contributed by atoms with Crippen LogP contribution in [0, 0.1) is 0 Å². The zero-order valence-corrected chi connectivity index (χ0v) is 12.6. The maximum absolute atomic E-state index is 12.5. The third-order valence-electron chi connectivity index (χ3n) is 2.84. The van der Waals surface area contributed by atoms with Gasteiger partial charge in [-0.15, -0.1) is 22.9 Å². The molecule has 0 bridgehead atoms. The van der Waals surface area contributed by atoms with E-state index in [4.69, 9.17) is 11.6 Å². The highest BCUT2D eigenvalue weighted by Crippen LogP contribution is 2.32. The smallest absolute Gasteiger partial charge is 0.264 e. The number of amides is 1. The quantitative estimate of drug-likeness (QED) is 0.772. The molecule has 0 N–H and O–H groups in total. The molecule has 1 aliphatic heterocycles. The minimum absolute atomic E-state index is 0.155. The van der Waals surface area contributed by atoms with E-state index in [0.717, 1.165) is 22.8 Å². The fourth-order valence-corrected chi connectivity index (χ4v) is 4.50. The van der Waals surface area contributed by atoms with Crippen LogP contribution in [0.15, 0.2) is 6.07 Å². The second-order valence-corrected chi connectivity index (χ2v) is 6.81. The number of nitrogens with zero attached hydrogens (tertiary/aromatic N) is 1. The van der Waals surface area contributed by atoms with Crippen molar-refractivity contribution in [3.8, 4) is 0 Å². The molecule has 7 heteroatoms. The number of rotatable bonds is 5. The molecule has 1 aliphatic rings. The van der Waals surface area contributed by atoms with Crippen LogP contribution in [0.3, 0.4) is 0 Å². The zero-order chi connectivity index (χ0) is 13.8. The Balaban J connectivity index is 2.13. The lowest BCUT2D eigenvalue weighted by molar-refractivity contribution is 0.0575. The van der Waals surface area contributed by atoms with Gasteiger partial charge in [0, 0.05) is 23.1 Å². The molecule has 19 heavy (non-hydrogen) atoms. The summed E-state index contributed by atoms with van der Waals surface area (Å²) in [5.74, 6) is 1.80. The van der Waals surface area contributed by atoms with Gasteiger partial charge in [0.25, 0.3) is 12.3 Å². The molecule has 2 nitrogen and oxygen atoms in total. The molecular weight excluding hydrogens is 312 g/mol. The molecule has 0 atom stereocenters. The summed E-state index contributed by atoms with van der Waals surface area (Å²) < 4.78 is 24.9. The summed E-state index contributed by atoms with van der Waals surface area (Å²) in [6, 6.07) is 1.85. The van der Waals surface area contributed by atoms with Crippen LogP contribution in [0.4, 0.5) is 8.78 Å². The van der Waals surface area contributed by atoms with Gasteiger partial charge in [0.1, 0.15) is 0 Å². The monoisotopic (exact) mass is 325 g/mol. The van der Waals surface area contributed by atoms with E-state index in [1.807, 2.05) is 17.8 Å². The van der Waals surface area contributed by atoms with E-state index < -0.39 is 13.0 Å². The summed E-state index contributed by atoms with van der Waals surface area (Å²) in [6.07, 6.45) is -1.57. The summed E-state index contributed by atoms with van der Waals surface area (Å²) in [4.78, 5) is 15.1. The number of thiophene rings is 1. The average Bonchev–Trinajstić information content (AvgIpc) is 2.80. The number of alkyl halides is 3. The van der Waals surface area contributed by atoms with Gasteiger partial charge < -0.3 is 4.90 Å². The van der Waals surface area contributed by atoms with E-state index in [2.05, 4.69) is 0 Å². The van der Waals surface area contributed by atoms with Gasteiger partial charge >= 0.3 is 0 Å². The van der Waals surface area contributed by atoms with Crippen LogP contribution in [-0.2, 0) is 12.2 Å². The number of hydrogen-bond donors (Lipinski definition) is 0. The molecule has 1 amide bonds. The largest absolute Gasteiger partial charge is 0.331 e. The topological polar surface area (TPSA) is 20.3 Å². The maximum atomic E-state index is 12.5. The third kappa shape index (κ3) is 3.83. The molecule has 0 unspecified atom stereocenters. The van der Waals surface area contributed by atoms with Crippen LogP contribution in [-0.4, -0.2) is 42.0 Å². The molecule has 2 heterocycles. The van der Waals surface area contributed by atoms with Crippen LogP contribution in [0.2, 0.25) is 0 Å². The molecule has 0 fully saturated rings.